The molecule has 0 heterocycles. The highest BCUT2D eigenvalue weighted by Crippen LogP contribution is 2.19. The predicted octanol–water partition coefficient (Wildman–Crippen LogP) is 3.26. The van der Waals surface area contributed by atoms with Gasteiger partial charge in [0.15, 0.2) is 0 Å². The van der Waals surface area contributed by atoms with Crippen molar-refractivity contribution in [3.63, 3.8) is 0 Å². The van der Waals surface area contributed by atoms with Gasteiger partial charge in [0.25, 0.3) is 5.91 Å². The number of carbonyl (C=O) groups excluding carboxylic acids is 1. The molecule has 0 radical (unpaired) electrons. The summed E-state index contributed by atoms with van der Waals surface area (Å²) in [4.78, 5) is 13.3. The number of halogens is 2. The maximum atomic E-state index is 12.5. The number of aryl methyl sites for hydroxylation is 1. The average Bonchev–Trinajstić information content (AvgIpc) is 2.56. The normalized spacial score (nSPS) is 11.5. The van der Waals surface area contributed by atoms with Crippen LogP contribution in [0.15, 0.2) is 53.4 Å². The predicted molar refractivity (Wildman–Crippen MR) is 86.6 cm³/mol. The number of sulfone groups is 1. The molecular formula is C17H17F2NO3S. The molecule has 0 fully saturated rings. The SMILES string of the molecule is Cc1ccc(CN(C)C(=O)c2ccc(S(=O)(=O)C(F)F)cc2)cc1. The van der Waals surface area contributed by atoms with Gasteiger partial charge < -0.3 is 4.90 Å². The number of nitrogens with zero attached hydrogens (tertiary/aromatic N) is 1. The summed E-state index contributed by atoms with van der Waals surface area (Å²) in [5, 5.41) is 0. The third kappa shape index (κ3) is 3.97. The Hall–Kier alpha value is -2.28. The fourth-order valence-corrected chi connectivity index (χ4v) is 2.87. The summed E-state index contributed by atoms with van der Waals surface area (Å²) < 4.78 is 47.7. The van der Waals surface area contributed by atoms with Gasteiger partial charge in [-0.1, -0.05) is 29.8 Å². The molecule has 0 spiro atoms. The summed E-state index contributed by atoms with van der Waals surface area (Å²) in [5.74, 6) is -3.81. The van der Waals surface area contributed by atoms with Crippen LogP contribution in [0.25, 0.3) is 0 Å². The van der Waals surface area contributed by atoms with Crippen molar-refractivity contribution in [1.82, 2.24) is 4.90 Å². The summed E-state index contributed by atoms with van der Waals surface area (Å²) in [5.41, 5.74) is 2.30. The second-order valence-corrected chi connectivity index (χ2v) is 7.39. The number of carbonyl (C=O) groups is 1. The van der Waals surface area contributed by atoms with Gasteiger partial charge in [0.2, 0.25) is 9.84 Å². The van der Waals surface area contributed by atoms with E-state index < -0.39 is 20.5 Å². The zero-order valence-electron chi connectivity index (χ0n) is 13.2. The highest BCUT2D eigenvalue weighted by atomic mass is 32.2. The number of hydrogen-bond acceptors (Lipinski definition) is 3. The Bertz CT molecular complexity index is 816. The molecule has 128 valence electrons. The third-order valence-corrected chi connectivity index (χ3v) is 4.95. The van der Waals surface area contributed by atoms with E-state index in [1.54, 1.807) is 7.05 Å². The Morgan fingerprint density at radius 1 is 1.04 bits per heavy atom. The van der Waals surface area contributed by atoms with Crippen molar-refractivity contribution in [3.05, 3.63) is 65.2 Å². The third-order valence-electron chi connectivity index (χ3n) is 3.55. The second-order valence-electron chi connectivity index (χ2n) is 5.48. The minimum atomic E-state index is -4.65. The van der Waals surface area contributed by atoms with Crippen molar-refractivity contribution in [2.75, 3.05) is 7.05 Å². The van der Waals surface area contributed by atoms with Crippen LogP contribution in [0.2, 0.25) is 0 Å². The van der Waals surface area contributed by atoms with E-state index in [0.29, 0.717) is 6.54 Å². The van der Waals surface area contributed by atoms with Crippen molar-refractivity contribution in [2.45, 2.75) is 24.1 Å². The van der Waals surface area contributed by atoms with Crippen molar-refractivity contribution >= 4 is 15.7 Å². The van der Waals surface area contributed by atoms with Crippen LogP contribution in [0.3, 0.4) is 0 Å². The van der Waals surface area contributed by atoms with Gasteiger partial charge in [-0.15, -0.1) is 0 Å². The van der Waals surface area contributed by atoms with E-state index in [4.69, 9.17) is 0 Å². The summed E-state index contributed by atoms with van der Waals surface area (Å²) in [6, 6.07) is 12.2. The van der Waals surface area contributed by atoms with E-state index >= 15 is 0 Å². The monoisotopic (exact) mass is 353 g/mol. The van der Waals surface area contributed by atoms with Gasteiger partial charge in [-0.2, -0.15) is 8.78 Å². The number of alkyl halides is 2. The first-order chi connectivity index (χ1) is 11.2. The molecule has 24 heavy (non-hydrogen) atoms. The Morgan fingerprint density at radius 3 is 2.08 bits per heavy atom. The fourth-order valence-electron chi connectivity index (χ4n) is 2.15. The smallest absolute Gasteiger partial charge is 0.337 e. The number of benzene rings is 2. The quantitative estimate of drug-likeness (QED) is 0.829. The Labute approximate surface area is 139 Å². The first kappa shape index (κ1) is 18.1. The Balaban J connectivity index is 2.13. The van der Waals surface area contributed by atoms with Gasteiger partial charge >= 0.3 is 5.76 Å². The zero-order valence-corrected chi connectivity index (χ0v) is 14.1. The largest absolute Gasteiger partial charge is 0.341 e. The first-order valence-corrected chi connectivity index (χ1v) is 8.69. The van der Waals surface area contributed by atoms with Crippen LogP contribution >= 0.6 is 0 Å². The van der Waals surface area contributed by atoms with Gasteiger partial charge in [0, 0.05) is 19.2 Å². The molecule has 0 saturated heterocycles. The van der Waals surface area contributed by atoms with E-state index in [9.17, 15) is 22.0 Å². The van der Waals surface area contributed by atoms with Crippen LogP contribution in [0.1, 0.15) is 21.5 Å². The lowest BCUT2D eigenvalue weighted by Crippen LogP contribution is -2.26. The standard InChI is InChI=1S/C17H17F2NO3S/c1-12-3-5-13(6-4-12)11-20(2)16(21)14-7-9-15(10-8-14)24(22,23)17(18)19/h3-10,17H,11H2,1-2H3. The van der Waals surface area contributed by atoms with Crippen LogP contribution < -0.4 is 0 Å². The molecule has 2 rings (SSSR count). The van der Waals surface area contributed by atoms with Gasteiger partial charge in [0.1, 0.15) is 0 Å². The van der Waals surface area contributed by atoms with E-state index in [1.165, 1.54) is 17.0 Å². The van der Waals surface area contributed by atoms with Gasteiger partial charge in [-0.3, -0.25) is 4.79 Å². The van der Waals surface area contributed by atoms with E-state index in [1.807, 2.05) is 31.2 Å². The summed E-state index contributed by atoms with van der Waals surface area (Å²) in [7, 11) is -3.03. The minimum absolute atomic E-state index is 0.234. The number of rotatable bonds is 5. The fraction of sp³-hybridized carbons (Fsp3) is 0.235. The van der Waals surface area contributed by atoms with Crippen LogP contribution in [0.5, 0.6) is 0 Å². The molecule has 0 atom stereocenters. The molecule has 0 bridgehead atoms. The lowest BCUT2D eigenvalue weighted by molar-refractivity contribution is 0.0785. The molecular weight excluding hydrogens is 336 g/mol. The molecule has 0 aromatic heterocycles. The lowest BCUT2D eigenvalue weighted by Gasteiger charge is -2.17. The average molecular weight is 353 g/mol. The second kappa shape index (κ2) is 7.09. The maximum absolute atomic E-state index is 12.5. The molecule has 0 unspecified atom stereocenters. The summed E-state index contributed by atoms with van der Waals surface area (Å²) in [6.45, 7) is 2.35. The molecule has 0 aliphatic rings. The van der Waals surface area contributed by atoms with Crippen molar-refractivity contribution < 1.29 is 22.0 Å². The summed E-state index contributed by atoms with van der Waals surface area (Å²) in [6.07, 6.45) is 0. The van der Waals surface area contributed by atoms with Crippen LogP contribution in [0.4, 0.5) is 8.78 Å². The van der Waals surface area contributed by atoms with Crippen LogP contribution in [0, 0.1) is 6.92 Å². The first-order valence-electron chi connectivity index (χ1n) is 7.15. The highest BCUT2D eigenvalue weighted by molar-refractivity contribution is 7.91. The molecule has 7 heteroatoms. The van der Waals surface area contributed by atoms with E-state index in [-0.39, 0.29) is 11.5 Å². The molecule has 2 aromatic carbocycles. The number of hydrogen-bond donors (Lipinski definition) is 0. The molecule has 1 amide bonds. The zero-order chi connectivity index (χ0) is 17.9. The lowest BCUT2D eigenvalue weighted by atomic mass is 10.1. The molecule has 0 N–H and O–H groups in total. The molecule has 0 saturated carbocycles. The van der Waals surface area contributed by atoms with Crippen LogP contribution in [-0.2, 0) is 16.4 Å². The van der Waals surface area contributed by atoms with Crippen LogP contribution in [-0.4, -0.2) is 32.0 Å². The molecule has 4 nitrogen and oxygen atoms in total. The maximum Gasteiger partial charge on any atom is 0.341 e. The van der Waals surface area contributed by atoms with Gasteiger partial charge in [-0.25, -0.2) is 8.42 Å². The van der Waals surface area contributed by atoms with Gasteiger partial charge in [0.05, 0.1) is 4.90 Å². The van der Waals surface area contributed by atoms with Crippen molar-refractivity contribution in [1.29, 1.82) is 0 Å². The minimum Gasteiger partial charge on any atom is -0.337 e. The van der Waals surface area contributed by atoms with Gasteiger partial charge in [-0.05, 0) is 36.8 Å². The van der Waals surface area contributed by atoms with Crippen molar-refractivity contribution in [3.8, 4) is 0 Å². The molecule has 0 aliphatic heterocycles. The Morgan fingerprint density at radius 2 is 1.58 bits per heavy atom. The van der Waals surface area contributed by atoms with E-state index in [0.717, 1.165) is 23.3 Å². The molecule has 0 aliphatic carbocycles. The van der Waals surface area contributed by atoms with Crippen molar-refractivity contribution in [2.24, 2.45) is 0 Å². The Kier molecular flexibility index (Phi) is 5.33. The van der Waals surface area contributed by atoms with E-state index in [2.05, 4.69) is 0 Å². The highest BCUT2D eigenvalue weighted by Gasteiger charge is 2.26. The topological polar surface area (TPSA) is 54.5 Å². The number of amides is 1. The molecule has 2 aromatic rings. The summed E-state index contributed by atoms with van der Waals surface area (Å²) >= 11 is 0.